The Morgan fingerprint density at radius 2 is 1.48 bits per heavy atom. The number of aryl methyl sites for hydroxylation is 3. The number of para-hydroxylation sites is 2. The van der Waals surface area contributed by atoms with Gasteiger partial charge in [0.05, 0.1) is 16.9 Å². The van der Waals surface area contributed by atoms with Gasteiger partial charge in [0, 0.05) is 51.8 Å². The fourth-order valence-corrected chi connectivity index (χ4v) is 8.87. The van der Waals surface area contributed by atoms with E-state index in [1.165, 1.54) is 34.7 Å². The molecule has 0 fully saturated rings. The third kappa shape index (κ3) is 8.54. The van der Waals surface area contributed by atoms with Crippen molar-refractivity contribution in [2.45, 2.75) is 80.3 Å². The molecule has 0 bridgehead atoms. The van der Waals surface area contributed by atoms with E-state index >= 15 is 0 Å². The Kier molecular flexibility index (Phi) is 9.33. The molecule has 60 heavy (non-hydrogen) atoms. The first kappa shape index (κ1) is 30.8. The maximum Gasteiger partial charge on any atom is 0.0774 e. The van der Waals surface area contributed by atoms with Crippen molar-refractivity contribution in [1.82, 2.24) is 14.5 Å². The summed E-state index contributed by atoms with van der Waals surface area (Å²) in [4.78, 5) is 9.41. The van der Waals surface area contributed by atoms with E-state index in [1.54, 1.807) is 44.2 Å². The number of imidazole rings is 1. The van der Waals surface area contributed by atoms with Crippen molar-refractivity contribution >= 4 is 42.5 Å². The van der Waals surface area contributed by atoms with Crippen molar-refractivity contribution in [1.29, 1.82) is 0 Å². The molecule has 3 aromatic heterocycles. The van der Waals surface area contributed by atoms with Crippen LogP contribution in [0.4, 0.5) is 0 Å². The van der Waals surface area contributed by atoms with Gasteiger partial charge in [-0.25, -0.2) is 0 Å². The molecule has 305 valence electrons. The summed E-state index contributed by atoms with van der Waals surface area (Å²) in [6, 6.07) is 44.8. The minimum Gasteiger partial charge on any atom is -0.333 e. The van der Waals surface area contributed by atoms with Crippen molar-refractivity contribution in [2.75, 3.05) is 0 Å². The molecule has 9 rings (SSSR count). The normalized spacial score (nSPS) is 15.1. The number of pyridine rings is 1. The van der Waals surface area contributed by atoms with Gasteiger partial charge in [-0.05, 0) is 117 Å². The van der Waals surface area contributed by atoms with Gasteiger partial charge in [0.2, 0.25) is 0 Å². The summed E-state index contributed by atoms with van der Waals surface area (Å²) in [6.07, 6.45) is -0.491. The maximum absolute atomic E-state index is 8.40. The zero-order valence-electron chi connectivity index (χ0n) is 45.4. The minimum atomic E-state index is -2.40. The van der Waals surface area contributed by atoms with Crippen molar-refractivity contribution in [3.8, 4) is 39.5 Å². The Hall–Kier alpha value is -5.19. The van der Waals surface area contributed by atoms with Crippen LogP contribution in [0.3, 0.4) is 0 Å². The predicted molar refractivity (Wildman–Crippen MR) is 253 cm³/mol. The van der Waals surface area contributed by atoms with E-state index in [-0.39, 0.29) is 60.1 Å². The molecule has 9 aromatic rings. The molecule has 0 unspecified atom stereocenters. The number of nitrogens with zero attached hydrogens (tertiary/aromatic N) is 3. The average Bonchev–Trinajstić information content (AvgIpc) is 3.89. The standard InChI is InChI=1S/C39H35N2S.C16H18N.Ir/c1-23(2)31-21-28(27-12-8-7-9-13-27)22-32(24(3)4)37(31)41-34-15-11-10-14-33(34)40-39(41)30-19-17-26(6)36-29-18-16-25(5)20-35(29)42-38(30)36;1-12(2)9-15-10-16(17-11-13(15)3)14-7-5-4-6-8-14;/h7-18,20-24H,1-6H3;4-7,10-12H,9H2,1-3H3;/q2*-1;/i5D3,6D3;3D3,9D2;. The Balaban J connectivity index is 0.000000271. The van der Waals surface area contributed by atoms with E-state index in [4.69, 9.17) is 20.1 Å². The van der Waals surface area contributed by atoms with Crippen LogP contribution in [0, 0.1) is 38.6 Å². The van der Waals surface area contributed by atoms with Crippen LogP contribution in [0.1, 0.15) is 102 Å². The van der Waals surface area contributed by atoms with Gasteiger partial charge < -0.3 is 9.55 Å². The van der Waals surface area contributed by atoms with E-state index in [2.05, 4.69) is 91.8 Å². The first-order chi connectivity index (χ1) is 32.9. The molecular weight excluding hydrogens is 927 g/mol. The summed E-state index contributed by atoms with van der Waals surface area (Å²) in [5.74, 6) is 0.667. The Morgan fingerprint density at radius 3 is 2.17 bits per heavy atom. The number of aromatic nitrogens is 3. The fourth-order valence-electron chi connectivity index (χ4n) is 7.61. The van der Waals surface area contributed by atoms with Crippen LogP contribution in [-0.2, 0) is 26.5 Å². The Labute approximate surface area is 389 Å². The van der Waals surface area contributed by atoms with Crippen LogP contribution in [-0.4, -0.2) is 14.5 Å². The molecule has 0 aliphatic heterocycles. The molecule has 0 amide bonds. The Morgan fingerprint density at radius 1 is 0.750 bits per heavy atom. The summed E-state index contributed by atoms with van der Waals surface area (Å²) in [6.45, 7) is 5.22. The van der Waals surface area contributed by atoms with Gasteiger partial charge in [-0.1, -0.05) is 126 Å². The molecule has 0 atom stereocenters. The quantitative estimate of drug-likeness (QED) is 0.142. The summed E-state index contributed by atoms with van der Waals surface area (Å²) < 4.78 is 92.3. The number of rotatable bonds is 8. The molecule has 0 saturated heterocycles. The maximum atomic E-state index is 8.40. The SMILES string of the molecule is [2H]C([2H])([2H])c1ccc2c(c1)sc1c(-c3nc4ccccc4n3-c3c(C(C)C)cc(-c4ccccc4)cc3C(C)C)[c-]cc(C([2H])([2H])[2H])c12.[2H]C([2H])([2H])c1cnc(-c2[c-]cccc2)cc1C([2H])([2H])C(C)C.[Ir]. The second-order valence-corrected chi connectivity index (χ2v) is 16.8. The topological polar surface area (TPSA) is 30.7 Å². The number of hydrogen-bond donors (Lipinski definition) is 0. The summed E-state index contributed by atoms with van der Waals surface area (Å²) in [7, 11) is 0. The van der Waals surface area contributed by atoms with Gasteiger partial charge in [0.1, 0.15) is 0 Å². The van der Waals surface area contributed by atoms with Gasteiger partial charge in [0.25, 0.3) is 0 Å². The molecule has 6 aromatic carbocycles. The van der Waals surface area contributed by atoms with E-state index < -0.39 is 26.9 Å². The van der Waals surface area contributed by atoms with Gasteiger partial charge in [-0.2, -0.15) is 11.3 Å². The molecule has 0 spiro atoms. The van der Waals surface area contributed by atoms with Crippen LogP contribution in [0.15, 0.2) is 128 Å². The van der Waals surface area contributed by atoms with Crippen molar-refractivity contribution in [2.24, 2.45) is 5.92 Å². The first-order valence-electron chi connectivity index (χ1n) is 25.5. The smallest absolute Gasteiger partial charge is 0.0774 e. The molecule has 0 aliphatic rings. The van der Waals surface area contributed by atoms with Crippen molar-refractivity contribution in [3.05, 3.63) is 173 Å². The molecule has 5 heteroatoms. The van der Waals surface area contributed by atoms with Crippen molar-refractivity contribution in [3.63, 3.8) is 0 Å². The van der Waals surface area contributed by atoms with Crippen LogP contribution in [0.2, 0.25) is 0 Å². The zero-order chi connectivity index (χ0) is 50.7. The van der Waals surface area contributed by atoms with E-state index in [0.29, 0.717) is 38.1 Å². The second-order valence-electron chi connectivity index (χ2n) is 15.7. The summed E-state index contributed by atoms with van der Waals surface area (Å²) in [5, 5.41) is 1.30. The third-order valence-corrected chi connectivity index (χ3v) is 11.6. The van der Waals surface area contributed by atoms with Gasteiger partial charge in [-0.3, -0.25) is 4.98 Å². The molecular formula is C55H53IrN3S-2. The summed E-state index contributed by atoms with van der Waals surface area (Å²) in [5.41, 5.74) is 9.95. The van der Waals surface area contributed by atoms with Crippen LogP contribution in [0.25, 0.3) is 70.7 Å². The molecule has 1 radical (unpaired) electrons. The summed E-state index contributed by atoms with van der Waals surface area (Å²) >= 11 is 1.39. The number of benzene rings is 6. The zero-order valence-corrected chi connectivity index (χ0v) is 37.7. The second kappa shape index (κ2) is 18.2. The van der Waals surface area contributed by atoms with Crippen LogP contribution < -0.4 is 0 Å². The average molecular weight is 991 g/mol. The monoisotopic (exact) mass is 991 g/mol. The molecule has 0 N–H and O–H groups in total. The van der Waals surface area contributed by atoms with E-state index in [1.807, 2.05) is 42.5 Å². The van der Waals surface area contributed by atoms with Crippen LogP contribution >= 0.6 is 11.3 Å². The van der Waals surface area contributed by atoms with Gasteiger partial charge in [0.15, 0.2) is 0 Å². The fraction of sp³-hybridized carbons (Fsp3) is 0.236. The molecule has 0 aliphatic carbocycles. The van der Waals surface area contributed by atoms with Gasteiger partial charge >= 0.3 is 0 Å². The molecule has 3 heterocycles. The number of thiophene rings is 1. The predicted octanol–water partition coefficient (Wildman–Crippen LogP) is 15.4. The first-order valence-corrected chi connectivity index (χ1v) is 20.8. The van der Waals surface area contributed by atoms with E-state index in [9.17, 15) is 0 Å². The molecule has 0 saturated carbocycles. The molecule has 3 nitrogen and oxygen atoms in total. The largest absolute Gasteiger partial charge is 0.333 e. The Bertz CT molecular complexity index is 3320. The van der Waals surface area contributed by atoms with E-state index in [0.717, 1.165) is 32.5 Å². The minimum absolute atomic E-state index is 0. The van der Waals surface area contributed by atoms with Gasteiger partial charge in [-0.15, -0.1) is 53.6 Å². The third-order valence-electron chi connectivity index (χ3n) is 10.4. The van der Waals surface area contributed by atoms with Crippen molar-refractivity contribution < 1.29 is 35.2 Å². The number of fused-ring (bicyclic) bond motifs is 4. The number of hydrogen-bond acceptors (Lipinski definition) is 3. The van der Waals surface area contributed by atoms with Crippen LogP contribution in [0.5, 0.6) is 0 Å².